The number of rotatable bonds is 11. The van der Waals surface area contributed by atoms with E-state index in [1.807, 2.05) is 6.92 Å². The number of carbonyl (C=O) groups excluding carboxylic acids is 1. The van der Waals surface area contributed by atoms with Crippen molar-refractivity contribution >= 4 is 5.78 Å². The third-order valence-corrected chi connectivity index (χ3v) is 5.54. The van der Waals surface area contributed by atoms with Gasteiger partial charge >= 0.3 is 0 Å². The van der Waals surface area contributed by atoms with Crippen molar-refractivity contribution in [2.45, 2.75) is 92.1 Å². The van der Waals surface area contributed by atoms with Crippen LogP contribution in [0.25, 0.3) is 0 Å². The molecule has 0 saturated carbocycles. The average Bonchev–Trinajstić information content (AvgIpc) is 2.63. The number of allylic oxidation sites excluding steroid dienone is 9. The lowest BCUT2D eigenvalue weighted by Crippen LogP contribution is -2.28. The molecule has 0 aromatic heterocycles. The molecule has 1 aliphatic carbocycles. The molecule has 0 aromatic carbocycles. The summed E-state index contributed by atoms with van der Waals surface area (Å²) in [5, 5.41) is 10.2. The second kappa shape index (κ2) is 13.5. The number of carbonyl (C=O) groups is 1. The van der Waals surface area contributed by atoms with Gasteiger partial charge in [-0.2, -0.15) is 0 Å². The van der Waals surface area contributed by atoms with Crippen LogP contribution in [-0.2, 0) is 4.79 Å². The number of hydrogen-bond acceptors (Lipinski definition) is 2. The van der Waals surface area contributed by atoms with Gasteiger partial charge in [-0.3, -0.25) is 4.79 Å². The number of ketones is 1. The summed E-state index contributed by atoms with van der Waals surface area (Å²) < 4.78 is 0. The zero-order chi connectivity index (χ0) is 20.9. The van der Waals surface area contributed by atoms with Crippen molar-refractivity contribution in [1.82, 2.24) is 0 Å². The Labute approximate surface area is 172 Å². The highest BCUT2D eigenvalue weighted by molar-refractivity contribution is 5.91. The van der Waals surface area contributed by atoms with Gasteiger partial charge in [0, 0.05) is 6.42 Å². The van der Waals surface area contributed by atoms with E-state index in [0.29, 0.717) is 6.42 Å². The lowest BCUT2D eigenvalue weighted by molar-refractivity contribution is -0.117. The molecule has 0 bridgehead atoms. The Balaban J connectivity index is 2.32. The summed E-state index contributed by atoms with van der Waals surface area (Å²) in [6.07, 6.45) is 20.3. The van der Waals surface area contributed by atoms with Crippen LogP contribution in [0.4, 0.5) is 0 Å². The van der Waals surface area contributed by atoms with Crippen LogP contribution in [0.3, 0.4) is 0 Å². The Morgan fingerprint density at radius 2 is 1.54 bits per heavy atom. The van der Waals surface area contributed by atoms with E-state index in [2.05, 4.69) is 58.1 Å². The minimum Gasteiger partial charge on any atom is -0.388 e. The number of aliphatic hydroxyl groups excluding tert-OH is 1. The molecular formula is C26H40O2. The van der Waals surface area contributed by atoms with Gasteiger partial charge in [0.2, 0.25) is 0 Å². The molecule has 2 heteroatoms. The quantitative estimate of drug-likeness (QED) is 0.388. The van der Waals surface area contributed by atoms with Gasteiger partial charge in [-0.1, -0.05) is 47.1 Å². The topological polar surface area (TPSA) is 37.3 Å². The van der Waals surface area contributed by atoms with Crippen molar-refractivity contribution < 1.29 is 9.90 Å². The van der Waals surface area contributed by atoms with Crippen LogP contribution in [0.2, 0.25) is 0 Å². The van der Waals surface area contributed by atoms with Gasteiger partial charge in [0.05, 0.1) is 6.10 Å². The highest BCUT2D eigenvalue weighted by Gasteiger charge is 2.26. The molecule has 156 valence electrons. The Hall–Kier alpha value is -1.67. The Bertz CT molecular complexity index is 643. The average molecular weight is 385 g/mol. The third kappa shape index (κ3) is 10.0. The van der Waals surface area contributed by atoms with Crippen molar-refractivity contribution in [2.24, 2.45) is 5.92 Å². The summed E-state index contributed by atoms with van der Waals surface area (Å²) in [7, 11) is 0. The van der Waals surface area contributed by atoms with Crippen LogP contribution in [0.1, 0.15) is 86.0 Å². The first-order valence-corrected chi connectivity index (χ1v) is 10.8. The molecule has 0 unspecified atom stereocenters. The summed E-state index contributed by atoms with van der Waals surface area (Å²) in [6, 6.07) is 0. The Kier molecular flexibility index (Phi) is 11.7. The Morgan fingerprint density at radius 1 is 1.00 bits per heavy atom. The van der Waals surface area contributed by atoms with E-state index >= 15 is 0 Å². The van der Waals surface area contributed by atoms with E-state index < -0.39 is 6.10 Å². The van der Waals surface area contributed by atoms with Crippen LogP contribution in [0, 0.1) is 5.92 Å². The fraction of sp³-hybridized carbons (Fsp3) is 0.577. The standard InChI is InChI=1S/C26H40O2/c1-6-7-8-11-20(2)12-9-13-21(3)14-10-15-22(4)16-17-24-19-25(27)18-23(5)26(24)28/h6-7,12,14,16,18,24,26,28H,8-11,13,15,17,19H2,1-5H3/b7-6+,20-12+,21-14+,22-16+/t24-,26+/m0/s1. The van der Waals surface area contributed by atoms with Crippen LogP contribution >= 0.6 is 0 Å². The molecular weight excluding hydrogens is 344 g/mol. The van der Waals surface area contributed by atoms with Gasteiger partial charge in [-0.15, -0.1) is 0 Å². The van der Waals surface area contributed by atoms with Gasteiger partial charge in [0.1, 0.15) is 0 Å². The maximum Gasteiger partial charge on any atom is 0.156 e. The molecule has 0 spiro atoms. The predicted molar refractivity (Wildman–Crippen MR) is 121 cm³/mol. The molecule has 28 heavy (non-hydrogen) atoms. The molecule has 0 fully saturated rings. The van der Waals surface area contributed by atoms with Gasteiger partial charge in [-0.25, -0.2) is 0 Å². The van der Waals surface area contributed by atoms with E-state index in [4.69, 9.17) is 0 Å². The molecule has 0 radical (unpaired) electrons. The molecule has 0 heterocycles. The van der Waals surface area contributed by atoms with Crippen molar-refractivity contribution in [1.29, 1.82) is 0 Å². The van der Waals surface area contributed by atoms with Crippen LogP contribution in [0.15, 0.2) is 58.7 Å². The van der Waals surface area contributed by atoms with E-state index in [1.54, 1.807) is 6.08 Å². The third-order valence-electron chi connectivity index (χ3n) is 5.54. The SMILES string of the molecule is C/C=C/CC/C(C)=C/CC/C(C)=C/CC/C(C)=C/C[C@H]1CC(=O)C=C(C)[C@H]1O. The highest BCUT2D eigenvalue weighted by atomic mass is 16.3. The summed E-state index contributed by atoms with van der Waals surface area (Å²) >= 11 is 0. The smallest absolute Gasteiger partial charge is 0.156 e. The molecule has 2 atom stereocenters. The molecule has 0 amide bonds. The number of hydrogen-bond donors (Lipinski definition) is 1. The maximum atomic E-state index is 11.7. The predicted octanol–water partition coefficient (Wildman–Crippen LogP) is 7.03. The van der Waals surface area contributed by atoms with Crippen LogP contribution < -0.4 is 0 Å². The van der Waals surface area contributed by atoms with Crippen molar-refractivity contribution in [3.63, 3.8) is 0 Å². The van der Waals surface area contributed by atoms with Gasteiger partial charge in [0.15, 0.2) is 5.78 Å². The molecule has 1 N–H and O–H groups in total. The highest BCUT2D eigenvalue weighted by Crippen LogP contribution is 2.26. The first-order chi connectivity index (χ1) is 13.3. The lowest BCUT2D eigenvalue weighted by Gasteiger charge is -2.25. The van der Waals surface area contributed by atoms with E-state index in [0.717, 1.165) is 50.5 Å². The van der Waals surface area contributed by atoms with Crippen molar-refractivity contribution in [2.75, 3.05) is 0 Å². The first-order valence-electron chi connectivity index (χ1n) is 10.8. The molecule has 0 aromatic rings. The van der Waals surface area contributed by atoms with Crippen LogP contribution in [0.5, 0.6) is 0 Å². The summed E-state index contributed by atoms with van der Waals surface area (Å²) in [5.74, 6) is 0.177. The molecule has 1 aliphatic rings. The fourth-order valence-electron chi connectivity index (χ4n) is 3.58. The lowest BCUT2D eigenvalue weighted by atomic mass is 9.83. The second-order valence-corrected chi connectivity index (χ2v) is 8.34. The van der Waals surface area contributed by atoms with E-state index in [1.165, 1.54) is 16.7 Å². The van der Waals surface area contributed by atoms with Gasteiger partial charge in [-0.05, 0) is 97.1 Å². The molecule has 1 rings (SSSR count). The number of aliphatic hydroxyl groups is 1. The van der Waals surface area contributed by atoms with Gasteiger partial charge in [0.25, 0.3) is 0 Å². The van der Waals surface area contributed by atoms with Crippen LogP contribution in [-0.4, -0.2) is 17.0 Å². The van der Waals surface area contributed by atoms with E-state index in [-0.39, 0.29) is 11.7 Å². The minimum atomic E-state index is -0.474. The minimum absolute atomic E-state index is 0.0348. The molecule has 0 aliphatic heterocycles. The zero-order valence-electron chi connectivity index (χ0n) is 18.6. The fourth-order valence-corrected chi connectivity index (χ4v) is 3.58. The van der Waals surface area contributed by atoms with Crippen molar-refractivity contribution in [3.05, 3.63) is 58.7 Å². The van der Waals surface area contributed by atoms with Gasteiger partial charge < -0.3 is 5.11 Å². The van der Waals surface area contributed by atoms with E-state index in [9.17, 15) is 9.90 Å². The summed E-state index contributed by atoms with van der Waals surface area (Å²) in [6.45, 7) is 10.5. The normalized spacial score (nSPS) is 22.1. The van der Waals surface area contributed by atoms with Crippen molar-refractivity contribution in [3.8, 4) is 0 Å². The first kappa shape index (κ1) is 24.4. The summed E-state index contributed by atoms with van der Waals surface area (Å²) in [5.41, 5.74) is 5.09. The largest absolute Gasteiger partial charge is 0.388 e. The monoisotopic (exact) mass is 384 g/mol. The zero-order valence-corrected chi connectivity index (χ0v) is 18.6. The Morgan fingerprint density at radius 3 is 2.11 bits per heavy atom. The molecule has 0 saturated heterocycles. The summed E-state index contributed by atoms with van der Waals surface area (Å²) in [4.78, 5) is 11.7. The maximum absolute atomic E-state index is 11.7. The molecule has 2 nitrogen and oxygen atoms in total. The second-order valence-electron chi connectivity index (χ2n) is 8.34.